The second-order valence-corrected chi connectivity index (χ2v) is 7.13. The average Bonchev–Trinajstić information content (AvgIpc) is 2.74. The molecule has 0 bridgehead atoms. The van der Waals surface area contributed by atoms with Crippen molar-refractivity contribution in [1.29, 1.82) is 0 Å². The smallest absolute Gasteiger partial charge is 0.139 e. The molecule has 3 aliphatic carbocycles. The van der Waals surface area contributed by atoms with Crippen LogP contribution in [-0.2, 0) is 11.2 Å². The third-order valence-electron chi connectivity index (χ3n) is 6.31. The Morgan fingerprint density at radius 2 is 2.20 bits per heavy atom. The quantitative estimate of drug-likeness (QED) is 0.779. The Labute approximate surface area is 121 Å². The number of Topliss-reactive ketones (excluding diaryl/α,β-unsaturated/α-hetero) is 1. The van der Waals surface area contributed by atoms with E-state index < -0.39 is 0 Å². The molecule has 0 aliphatic heterocycles. The third-order valence-corrected chi connectivity index (χ3v) is 6.31. The van der Waals surface area contributed by atoms with Crippen LogP contribution in [0.4, 0.5) is 0 Å². The fourth-order valence-electron chi connectivity index (χ4n) is 5.24. The van der Waals surface area contributed by atoms with E-state index in [1.165, 1.54) is 0 Å². The van der Waals surface area contributed by atoms with Gasteiger partial charge in [-0.05, 0) is 73.1 Å². The lowest BCUT2D eigenvalue weighted by Gasteiger charge is -2.48. The van der Waals surface area contributed by atoms with E-state index in [2.05, 4.69) is 6.92 Å². The maximum atomic E-state index is 12.3. The second kappa shape index (κ2) is 4.09. The minimum absolute atomic E-state index is 0.0994. The van der Waals surface area contributed by atoms with Crippen molar-refractivity contribution < 1.29 is 11.3 Å². The topological polar surface area (TPSA) is 37.3 Å². The summed E-state index contributed by atoms with van der Waals surface area (Å²) in [6.45, 7) is 2.18. The normalized spacial score (nSPS) is 39.8. The van der Waals surface area contributed by atoms with Gasteiger partial charge in [0.2, 0.25) is 0 Å². The Kier molecular flexibility index (Phi) is 2.33. The number of phenolic OH excluding ortho intramolecular Hbond substituents is 1. The monoisotopic (exact) mass is 271 g/mol. The van der Waals surface area contributed by atoms with Gasteiger partial charge < -0.3 is 5.11 Å². The molecule has 0 saturated heterocycles. The Balaban J connectivity index is 1.77. The van der Waals surface area contributed by atoms with E-state index in [1.54, 1.807) is 6.07 Å². The van der Waals surface area contributed by atoms with Crippen LogP contribution in [0.15, 0.2) is 18.2 Å². The number of carbonyl (C=O) groups is 1. The molecule has 2 nitrogen and oxygen atoms in total. The van der Waals surface area contributed by atoms with Gasteiger partial charge in [-0.1, -0.05) is 13.0 Å². The highest BCUT2D eigenvalue weighted by molar-refractivity contribution is 5.87. The van der Waals surface area contributed by atoms with Gasteiger partial charge >= 0.3 is 0 Å². The van der Waals surface area contributed by atoms with Crippen LogP contribution in [0, 0.1) is 17.3 Å². The first kappa shape index (κ1) is 11.4. The van der Waals surface area contributed by atoms with Crippen LogP contribution in [-0.4, -0.2) is 10.9 Å². The van der Waals surface area contributed by atoms with Crippen molar-refractivity contribution in [2.75, 3.05) is 0 Å². The van der Waals surface area contributed by atoms with E-state index in [9.17, 15) is 9.90 Å². The van der Waals surface area contributed by atoms with Crippen LogP contribution in [0.3, 0.4) is 0 Å². The van der Waals surface area contributed by atoms with Crippen molar-refractivity contribution in [2.24, 2.45) is 17.3 Å². The molecule has 0 radical (unpaired) electrons. The number of fused-ring (bicyclic) bond motifs is 5. The molecule has 1 aromatic carbocycles. The second-order valence-electron chi connectivity index (χ2n) is 7.13. The van der Waals surface area contributed by atoms with Crippen LogP contribution >= 0.6 is 0 Å². The highest BCUT2D eigenvalue weighted by Gasteiger charge is 2.54. The Hall–Kier alpha value is -1.31. The first-order valence-corrected chi connectivity index (χ1v) is 7.86. The maximum Gasteiger partial charge on any atom is 0.139 e. The number of aryl methyl sites for hydroxylation is 1. The zero-order valence-electron chi connectivity index (χ0n) is 13.0. The molecular formula is C18H22O2. The standard InChI is InChI=1S/C18H22O2/c1-18-9-8-14-13-5-3-12(19)10-11(13)2-4-15(14)16(18)6-7-17(18)20/h3,5,10,14-16,19H,2,4,6-9H2,1H3/t14-,15-,16+,18+/m1/s1/i5D. The average molecular weight is 271 g/mol. The van der Waals surface area contributed by atoms with Gasteiger partial charge in [0, 0.05) is 11.8 Å². The first-order chi connectivity index (χ1) is 10.0. The lowest BCUT2D eigenvalue weighted by molar-refractivity contribution is -0.129. The lowest BCUT2D eigenvalue weighted by Crippen LogP contribution is -2.42. The van der Waals surface area contributed by atoms with Crippen LogP contribution in [0.2, 0.25) is 0 Å². The summed E-state index contributed by atoms with van der Waals surface area (Å²) >= 11 is 0. The molecule has 4 rings (SSSR count). The van der Waals surface area contributed by atoms with Crippen molar-refractivity contribution in [3.8, 4) is 5.75 Å². The molecule has 2 saturated carbocycles. The van der Waals surface area contributed by atoms with Gasteiger partial charge in [0.15, 0.2) is 0 Å². The summed E-state index contributed by atoms with van der Waals surface area (Å²) in [5.74, 6) is 2.16. The fourth-order valence-corrected chi connectivity index (χ4v) is 5.24. The van der Waals surface area contributed by atoms with Gasteiger partial charge in [0.1, 0.15) is 11.5 Å². The van der Waals surface area contributed by atoms with Crippen LogP contribution in [0.1, 0.15) is 57.4 Å². The molecule has 4 atom stereocenters. The lowest BCUT2D eigenvalue weighted by atomic mass is 9.55. The van der Waals surface area contributed by atoms with Crippen molar-refractivity contribution in [2.45, 2.75) is 51.4 Å². The molecular weight excluding hydrogens is 248 g/mol. The van der Waals surface area contributed by atoms with Crippen LogP contribution in [0.5, 0.6) is 5.75 Å². The molecule has 2 heteroatoms. The van der Waals surface area contributed by atoms with E-state index in [1.807, 2.05) is 6.07 Å². The summed E-state index contributed by atoms with van der Waals surface area (Å²) in [5, 5.41) is 9.73. The van der Waals surface area contributed by atoms with Crippen LogP contribution in [0.25, 0.3) is 0 Å². The predicted molar refractivity (Wildman–Crippen MR) is 77.7 cm³/mol. The van der Waals surface area contributed by atoms with E-state index in [-0.39, 0.29) is 11.2 Å². The predicted octanol–water partition coefficient (Wildman–Crippen LogP) is 3.82. The molecule has 0 heterocycles. The molecule has 106 valence electrons. The van der Waals surface area contributed by atoms with Crippen molar-refractivity contribution >= 4 is 5.78 Å². The number of benzene rings is 1. The van der Waals surface area contributed by atoms with Gasteiger partial charge in [-0.2, -0.15) is 0 Å². The number of hydrogen-bond acceptors (Lipinski definition) is 2. The minimum atomic E-state index is -0.0994. The summed E-state index contributed by atoms with van der Waals surface area (Å²) in [4.78, 5) is 12.3. The molecule has 20 heavy (non-hydrogen) atoms. The summed E-state index contributed by atoms with van der Waals surface area (Å²) in [6.07, 6.45) is 5.83. The van der Waals surface area contributed by atoms with Crippen molar-refractivity contribution in [3.63, 3.8) is 0 Å². The highest BCUT2D eigenvalue weighted by Crippen LogP contribution is 2.59. The summed E-state index contributed by atoms with van der Waals surface area (Å²) in [5.41, 5.74) is 2.22. The van der Waals surface area contributed by atoms with Crippen molar-refractivity contribution in [1.82, 2.24) is 0 Å². The number of aromatic hydroxyl groups is 1. The van der Waals surface area contributed by atoms with Gasteiger partial charge in [0.25, 0.3) is 0 Å². The maximum absolute atomic E-state index is 12.3. The summed E-state index contributed by atoms with van der Waals surface area (Å²) in [6, 6.07) is 3.92. The number of rotatable bonds is 0. The summed E-state index contributed by atoms with van der Waals surface area (Å²) in [7, 11) is 0. The van der Waals surface area contributed by atoms with Gasteiger partial charge in [-0.15, -0.1) is 0 Å². The number of phenols is 1. The third kappa shape index (κ3) is 1.54. The minimum Gasteiger partial charge on any atom is -0.508 e. The summed E-state index contributed by atoms with van der Waals surface area (Å²) < 4.78 is 8.26. The molecule has 3 aliphatic rings. The molecule has 0 aromatic heterocycles. The molecule has 0 unspecified atom stereocenters. The molecule has 2 fully saturated rings. The Morgan fingerprint density at radius 3 is 3.05 bits per heavy atom. The number of hydrogen-bond donors (Lipinski definition) is 1. The Bertz CT molecular complexity index is 624. The molecule has 0 amide bonds. The number of ketones is 1. The van der Waals surface area contributed by atoms with E-state index in [0.717, 1.165) is 49.7 Å². The first-order valence-electron chi connectivity index (χ1n) is 8.36. The van der Waals surface area contributed by atoms with E-state index >= 15 is 0 Å². The van der Waals surface area contributed by atoms with Crippen LogP contribution < -0.4 is 0 Å². The van der Waals surface area contributed by atoms with E-state index in [0.29, 0.717) is 29.6 Å². The van der Waals surface area contributed by atoms with Crippen molar-refractivity contribution in [3.05, 3.63) is 29.3 Å². The zero-order chi connectivity index (χ0) is 14.8. The fraction of sp³-hybridized carbons (Fsp3) is 0.611. The van der Waals surface area contributed by atoms with Gasteiger partial charge in [-0.25, -0.2) is 0 Å². The number of carbonyl (C=O) groups excluding carboxylic acids is 1. The highest BCUT2D eigenvalue weighted by atomic mass is 16.3. The Morgan fingerprint density at radius 1 is 1.35 bits per heavy atom. The largest absolute Gasteiger partial charge is 0.508 e. The van der Waals surface area contributed by atoms with E-state index in [4.69, 9.17) is 1.37 Å². The molecule has 0 spiro atoms. The van der Waals surface area contributed by atoms with Gasteiger partial charge in [0.05, 0.1) is 1.37 Å². The SMILES string of the molecule is [2H]c1cc(O)cc2c1[C@H]1CC[C@]3(C)C(=O)CC[C@H]3[C@@H]1CC2. The molecule has 1 N–H and O–H groups in total. The molecule has 1 aromatic rings. The zero-order valence-corrected chi connectivity index (χ0v) is 12.0. The van der Waals surface area contributed by atoms with Gasteiger partial charge in [-0.3, -0.25) is 4.79 Å².